The molecule has 75 valence electrons. The zero-order valence-corrected chi connectivity index (χ0v) is 8.96. The van der Waals surface area contributed by atoms with E-state index in [0.29, 0.717) is 5.15 Å². The minimum absolute atomic E-state index is 0.446. The van der Waals surface area contributed by atoms with Crippen LogP contribution in [0, 0.1) is 6.07 Å². The normalized spacial score (nSPS) is 18.6. The first-order chi connectivity index (χ1) is 6.75. The van der Waals surface area contributed by atoms with Gasteiger partial charge >= 0.3 is 0 Å². The summed E-state index contributed by atoms with van der Waals surface area (Å²) in [4.78, 5) is 8.80. The van der Waals surface area contributed by atoms with Crippen LogP contribution in [0.2, 0.25) is 5.15 Å². The summed E-state index contributed by atoms with van der Waals surface area (Å²) in [6.45, 7) is 4.20. The zero-order chi connectivity index (χ0) is 9.97. The average molecular weight is 211 g/mol. The molecular weight excluding hydrogens is 198 g/mol. The van der Waals surface area contributed by atoms with Crippen LogP contribution in [0.15, 0.2) is 12.1 Å². The Hall–Kier alpha value is -0.800. The maximum Gasteiger partial charge on any atom is 0.139 e. The second-order valence-electron chi connectivity index (χ2n) is 3.53. The van der Waals surface area contributed by atoms with E-state index in [1.807, 2.05) is 12.1 Å². The average Bonchev–Trinajstić information content (AvgIpc) is 2.19. The fourth-order valence-corrected chi connectivity index (χ4v) is 1.72. The number of piperazine rings is 1. The third-order valence-electron chi connectivity index (χ3n) is 2.47. The van der Waals surface area contributed by atoms with E-state index in [2.05, 4.69) is 27.9 Å². The molecule has 2 rings (SSSR count). The van der Waals surface area contributed by atoms with Crippen molar-refractivity contribution in [2.75, 3.05) is 38.1 Å². The molecule has 0 aliphatic carbocycles. The van der Waals surface area contributed by atoms with E-state index >= 15 is 0 Å². The molecule has 1 aromatic rings. The Morgan fingerprint density at radius 3 is 2.71 bits per heavy atom. The lowest BCUT2D eigenvalue weighted by Crippen LogP contribution is -2.44. The van der Waals surface area contributed by atoms with Crippen molar-refractivity contribution in [3.8, 4) is 0 Å². The molecule has 0 saturated carbocycles. The van der Waals surface area contributed by atoms with Crippen LogP contribution in [-0.4, -0.2) is 43.1 Å². The van der Waals surface area contributed by atoms with Gasteiger partial charge in [-0.2, -0.15) is 0 Å². The molecule has 1 aromatic heterocycles. The van der Waals surface area contributed by atoms with Crippen LogP contribution < -0.4 is 4.90 Å². The summed E-state index contributed by atoms with van der Waals surface area (Å²) in [6, 6.07) is 6.61. The molecule has 1 fully saturated rings. The molecule has 1 aliphatic rings. The van der Waals surface area contributed by atoms with Gasteiger partial charge in [-0.25, -0.2) is 4.98 Å². The molecule has 0 aromatic carbocycles. The van der Waals surface area contributed by atoms with Crippen molar-refractivity contribution in [1.29, 1.82) is 0 Å². The monoisotopic (exact) mass is 210 g/mol. The number of rotatable bonds is 1. The Morgan fingerprint density at radius 1 is 1.36 bits per heavy atom. The summed E-state index contributed by atoms with van der Waals surface area (Å²) in [6.07, 6.45) is 0. The van der Waals surface area contributed by atoms with Gasteiger partial charge in [-0.05, 0) is 19.2 Å². The van der Waals surface area contributed by atoms with Gasteiger partial charge in [0.25, 0.3) is 0 Å². The van der Waals surface area contributed by atoms with Crippen LogP contribution in [0.3, 0.4) is 0 Å². The number of pyridine rings is 1. The molecule has 0 amide bonds. The molecule has 4 heteroatoms. The predicted octanol–water partition coefficient (Wildman–Crippen LogP) is 1.29. The summed E-state index contributed by atoms with van der Waals surface area (Å²) >= 11 is 5.79. The molecule has 2 heterocycles. The Labute approximate surface area is 89.3 Å². The van der Waals surface area contributed by atoms with E-state index in [1.54, 1.807) is 0 Å². The van der Waals surface area contributed by atoms with Crippen LogP contribution in [0.5, 0.6) is 0 Å². The summed E-state index contributed by atoms with van der Waals surface area (Å²) in [5.74, 6) is 0.960. The van der Waals surface area contributed by atoms with Crippen molar-refractivity contribution in [3.63, 3.8) is 0 Å². The lowest BCUT2D eigenvalue weighted by molar-refractivity contribution is 0.312. The molecule has 1 saturated heterocycles. The topological polar surface area (TPSA) is 19.4 Å². The smallest absolute Gasteiger partial charge is 0.139 e. The van der Waals surface area contributed by atoms with Gasteiger partial charge in [0.2, 0.25) is 0 Å². The Balaban J connectivity index is 2.08. The second kappa shape index (κ2) is 4.15. The van der Waals surface area contributed by atoms with Gasteiger partial charge < -0.3 is 9.80 Å². The van der Waals surface area contributed by atoms with Crippen LogP contribution in [-0.2, 0) is 0 Å². The Kier molecular flexibility index (Phi) is 2.89. The number of aromatic nitrogens is 1. The van der Waals surface area contributed by atoms with Crippen LogP contribution in [0.4, 0.5) is 5.82 Å². The van der Waals surface area contributed by atoms with Crippen LogP contribution >= 0.6 is 11.6 Å². The minimum atomic E-state index is 0.446. The molecule has 14 heavy (non-hydrogen) atoms. The molecule has 0 unspecified atom stereocenters. The molecule has 3 nitrogen and oxygen atoms in total. The molecule has 0 N–H and O–H groups in total. The van der Waals surface area contributed by atoms with E-state index in [-0.39, 0.29) is 0 Å². The van der Waals surface area contributed by atoms with Crippen LogP contribution in [0.25, 0.3) is 0 Å². The molecule has 1 radical (unpaired) electrons. The van der Waals surface area contributed by atoms with Gasteiger partial charge in [0.05, 0.1) is 0 Å². The SMILES string of the molecule is CN1CCN(c2cc[c]c(Cl)n2)CC1. The van der Waals surface area contributed by atoms with Crippen molar-refractivity contribution >= 4 is 17.4 Å². The number of hydrogen-bond acceptors (Lipinski definition) is 3. The van der Waals surface area contributed by atoms with E-state index in [1.165, 1.54) is 0 Å². The maximum atomic E-state index is 5.79. The number of halogens is 1. The van der Waals surface area contributed by atoms with E-state index in [9.17, 15) is 0 Å². The van der Waals surface area contributed by atoms with Crippen molar-refractivity contribution in [2.45, 2.75) is 0 Å². The summed E-state index contributed by atoms with van der Waals surface area (Å²) in [5, 5.41) is 0.446. The van der Waals surface area contributed by atoms with E-state index < -0.39 is 0 Å². The van der Waals surface area contributed by atoms with Gasteiger partial charge in [-0.15, -0.1) is 0 Å². The van der Waals surface area contributed by atoms with Crippen LogP contribution in [0.1, 0.15) is 0 Å². The standard InChI is InChI=1S/C10H13ClN3/c1-13-5-7-14(8-6-13)10-4-2-3-9(11)12-10/h2,4H,5-8H2,1H3. The minimum Gasteiger partial charge on any atom is -0.354 e. The van der Waals surface area contributed by atoms with Crippen molar-refractivity contribution in [3.05, 3.63) is 23.4 Å². The summed E-state index contributed by atoms with van der Waals surface area (Å²) in [5.41, 5.74) is 0. The largest absolute Gasteiger partial charge is 0.354 e. The third-order valence-corrected chi connectivity index (χ3v) is 2.67. The van der Waals surface area contributed by atoms with E-state index in [0.717, 1.165) is 32.0 Å². The fraction of sp³-hybridized carbons (Fsp3) is 0.500. The number of hydrogen-bond donors (Lipinski definition) is 0. The highest BCUT2D eigenvalue weighted by molar-refractivity contribution is 6.29. The quantitative estimate of drug-likeness (QED) is 0.652. The van der Waals surface area contributed by atoms with E-state index in [4.69, 9.17) is 11.6 Å². The van der Waals surface area contributed by atoms with Gasteiger partial charge in [0.1, 0.15) is 11.0 Å². The molecule has 0 bridgehead atoms. The lowest BCUT2D eigenvalue weighted by Gasteiger charge is -2.33. The molecular formula is C10H13ClN3. The first-order valence-electron chi connectivity index (χ1n) is 4.73. The number of likely N-dealkylation sites (N-methyl/N-ethyl adjacent to an activating group) is 1. The summed E-state index contributed by atoms with van der Waals surface area (Å²) in [7, 11) is 2.14. The molecule has 1 aliphatic heterocycles. The highest BCUT2D eigenvalue weighted by Crippen LogP contribution is 2.15. The lowest BCUT2D eigenvalue weighted by atomic mass is 10.3. The fourth-order valence-electron chi connectivity index (χ4n) is 1.57. The first kappa shape index (κ1) is 9.74. The van der Waals surface area contributed by atoms with Crippen molar-refractivity contribution in [2.24, 2.45) is 0 Å². The first-order valence-corrected chi connectivity index (χ1v) is 5.11. The highest BCUT2D eigenvalue weighted by atomic mass is 35.5. The highest BCUT2D eigenvalue weighted by Gasteiger charge is 2.14. The summed E-state index contributed by atoms with van der Waals surface area (Å²) < 4.78 is 0. The second-order valence-corrected chi connectivity index (χ2v) is 3.89. The van der Waals surface area contributed by atoms with Gasteiger partial charge in [-0.1, -0.05) is 11.6 Å². The maximum absolute atomic E-state index is 5.79. The Morgan fingerprint density at radius 2 is 2.07 bits per heavy atom. The predicted molar refractivity (Wildman–Crippen MR) is 57.8 cm³/mol. The van der Waals surface area contributed by atoms with Crippen molar-refractivity contribution < 1.29 is 0 Å². The van der Waals surface area contributed by atoms with Gasteiger partial charge in [0.15, 0.2) is 0 Å². The Bertz CT molecular complexity index is 308. The number of nitrogens with zero attached hydrogens (tertiary/aromatic N) is 3. The number of anilines is 1. The van der Waals surface area contributed by atoms with Crippen molar-refractivity contribution in [1.82, 2.24) is 9.88 Å². The third kappa shape index (κ3) is 2.16. The van der Waals surface area contributed by atoms with Gasteiger partial charge in [-0.3, -0.25) is 0 Å². The molecule has 0 atom stereocenters. The van der Waals surface area contributed by atoms with Gasteiger partial charge in [0, 0.05) is 32.2 Å². The molecule has 0 spiro atoms. The zero-order valence-electron chi connectivity index (χ0n) is 8.20.